The number of hydrogen-bond acceptors (Lipinski definition) is 2. The quantitative estimate of drug-likeness (QED) is 0.717. The van der Waals surface area contributed by atoms with E-state index in [9.17, 15) is 4.79 Å². The highest BCUT2D eigenvalue weighted by Crippen LogP contribution is 2.28. The van der Waals surface area contributed by atoms with Crippen molar-refractivity contribution < 1.29 is 9.53 Å². The predicted molar refractivity (Wildman–Crippen MR) is 65.8 cm³/mol. The highest BCUT2D eigenvalue weighted by atomic mass is 35.5. The Bertz CT molecular complexity index is 248. The molecule has 0 spiro atoms. The average Bonchev–Trinajstić information content (AvgIpc) is 2.09. The van der Waals surface area contributed by atoms with Gasteiger partial charge in [0.1, 0.15) is 0 Å². The molecule has 3 nitrogen and oxygen atoms in total. The molecule has 4 heteroatoms. The van der Waals surface area contributed by atoms with Crippen molar-refractivity contribution in [1.29, 1.82) is 0 Å². The van der Waals surface area contributed by atoms with Crippen molar-refractivity contribution in [1.82, 2.24) is 4.90 Å². The third-order valence-corrected chi connectivity index (χ3v) is 2.84. The van der Waals surface area contributed by atoms with Crippen LogP contribution in [-0.4, -0.2) is 41.0 Å². The molecule has 1 heterocycles. The molecule has 0 atom stereocenters. The Morgan fingerprint density at radius 2 is 1.75 bits per heavy atom. The third-order valence-electron chi connectivity index (χ3n) is 2.57. The van der Waals surface area contributed by atoms with Gasteiger partial charge in [-0.1, -0.05) is 0 Å². The first-order valence-electron chi connectivity index (χ1n) is 5.80. The van der Waals surface area contributed by atoms with Crippen LogP contribution in [0.1, 0.15) is 40.5 Å². The normalized spacial score (nSPS) is 23.2. The highest BCUT2D eigenvalue weighted by Gasteiger charge is 2.39. The van der Waals surface area contributed by atoms with Crippen molar-refractivity contribution in [2.75, 3.05) is 19.0 Å². The Morgan fingerprint density at radius 3 is 2.19 bits per heavy atom. The highest BCUT2D eigenvalue weighted by molar-refractivity contribution is 6.17. The molecule has 0 bridgehead atoms. The Morgan fingerprint density at radius 1 is 1.25 bits per heavy atom. The van der Waals surface area contributed by atoms with E-state index in [2.05, 4.69) is 0 Å². The molecule has 1 amide bonds. The Kier molecular flexibility index (Phi) is 4.24. The summed E-state index contributed by atoms with van der Waals surface area (Å²) in [5.41, 5.74) is -0.531. The maximum absolute atomic E-state index is 11.9. The van der Waals surface area contributed by atoms with E-state index < -0.39 is 0 Å². The molecular formula is C12H22ClNO2. The van der Waals surface area contributed by atoms with E-state index in [4.69, 9.17) is 16.3 Å². The number of nitrogens with zero attached hydrogens (tertiary/aromatic N) is 1. The summed E-state index contributed by atoms with van der Waals surface area (Å²) in [5.74, 6) is 0.730. The zero-order valence-corrected chi connectivity index (χ0v) is 11.4. The van der Waals surface area contributed by atoms with Crippen molar-refractivity contribution in [3.63, 3.8) is 0 Å². The lowest BCUT2D eigenvalue weighted by Gasteiger charge is -2.47. The van der Waals surface area contributed by atoms with Crippen LogP contribution in [-0.2, 0) is 9.53 Å². The number of morpholine rings is 1. The molecule has 0 saturated carbocycles. The number of amides is 1. The maximum atomic E-state index is 11.9. The smallest absolute Gasteiger partial charge is 0.222 e. The Hall–Kier alpha value is -0.280. The van der Waals surface area contributed by atoms with E-state index in [0.29, 0.717) is 25.4 Å². The average molecular weight is 248 g/mol. The van der Waals surface area contributed by atoms with Gasteiger partial charge < -0.3 is 9.64 Å². The first-order valence-corrected chi connectivity index (χ1v) is 6.33. The molecule has 0 aromatic rings. The summed E-state index contributed by atoms with van der Waals surface area (Å²) in [6, 6.07) is 0. The summed E-state index contributed by atoms with van der Waals surface area (Å²) in [6.45, 7) is 9.42. The minimum absolute atomic E-state index is 0.185. The standard InChI is InChI=1S/C12H22ClNO2/c1-11(2)8-14(9-12(3,4)16-11)10(15)6-5-7-13/h5-9H2,1-4H3. The number of alkyl halides is 1. The molecule has 1 saturated heterocycles. The first kappa shape index (κ1) is 13.8. The molecule has 0 aromatic heterocycles. The largest absolute Gasteiger partial charge is 0.366 e. The van der Waals surface area contributed by atoms with Crippen LogP contribution in [0, 0.1) is 0 Å². The summed E-state index contributed by atoms with van der Waals surface area (Å²) in [5, 5.41) is 0. The fraction of sp³-hybridized carbons (Fsp3) is 0.917. The second kappa shape index (κ2) is 4.92. The number of hydrogen-bond donors (Lipinski definition) is 0. The van der Waals surface area contributed by atoms with Crippen LogP contribution in [0.5, 0.6) is 0 Å². The lowest BCUT2D eigenvalue weighted by molar-refractivity contribution is -0.188. The van der Waals surface area contributed by atoms with Gasteiger partial charge in [-0.15, -0.1) is 11.6 Å². The number of carbonyl (C=O) groups is 1. The molecular weight excluding hydrogens is 226 g/mol. The molecule has 0 radical (unpaired) electrons. The monoisotopic (exact) mass is 247 g/mol. The molecule has 1 fully saturated rings. The lowest BCUT2D eigenvalue weighted by atomic mass is 9.98. The lowest BCUT2D eigenvalue weighted by Crippen LogP contribution is -2.58. The van der Waals surface area contributed by atoms with Crippen molar-refractivity contribution in [2.45, 2.75) is 51.7 Å². The number of carbonyl (C=O) groups excluding carboxylic acids is 1. The van der Waals surface area contributed by atoms with E-state index in [1.807, 2.05) is 32.6 Å². The van der Waals surface area contributed by atoms with Crippen LogP contribution in [0.4, 0.5) is 0 Å². The van der Waals surface area contributed by atoms with Crippen LogP contribution in [0.2, 0.25) is 0 Å². The zero-order valence-electron chi connectivity index (χ0n) is 10.7. The van der Waals surface area contributed by atoms with E-state index >= 15 is 0 Å². The van der Waals surface area contributed by atoms with Gasteiger partial charge in [-0.3, -0.25) is 4.79 Å². The van der Waals surface area contributed by atoms with Gasteiger partial charge in [-0.05, 0) is 34.1 Å². The molecule has 1 aliphatic rings. The van der Waals surface area contributed by atoms with E-state index in [1.54, 1.807) is 0 Å². The van der Waals surface area contributed by atoms with Gasteiger partial charge in [0.25, 0.3) is 0 Å². The summed E-state index contributed by atoms with van der Waals surface area (Å²) in [7, 11) is 0. The molecule has 0 aromatic carbocycles. The van der Waals surface area contributed by atoms with Crippen LogP contribution < -0.4 is 0 Å². The molecule has 0 N–H and O–H groups in total. The SMILES string of the molecule is CC1(C)CN(C(=O)CCCCl)CC(C)(C)O1. The van der Waals surface area contributed by atoms with Gasteiger partial charge in [0, 0.05) is 25.4 Å². The summed E-state index contributed by atoms with van der Waals surface area (Å²) in [6.07, 6.45) is 1.29. The number of halogens is 1. The van der Waals surface area contributed by atoms with Crippen LogP contribution >= 0.6 is 11.6 Å². The van der Waals surface area contributed by atoms with Crippen molar-refractivity contribution in [2.24, 2.45) is 0 Å². The molecule has 94 valence electrons. The maximum Gasteiger partial charge on any atom is 0.222 e. The summed E-state index contributed by atoms with van der Waals surface area (Å²) >= 11 is 5.60. The fourth-order valence-electron chi connectivity index (χ4n) is 2.34. The fourth-order valence-corrected chi connectivity index (χ4v) is 2.47. The van der Waals surface area contributed by atoms with Gasteiger partial charge in [0.15, 0.2) is 0 Å². The number of ether oxygens (including phenoxy) is 1. The Balaban J connectivity index is 2.63. The molecule has 0 unspecified atom stereocenters. The van der Waals surface area contributed by atoms with E-state index in [-0.39, 0.29) is 17.1 Å². The number of rotatable bonds is 3. The molecule has 16 heavy (non-hydrogen) atoms. The first-order chi connectivity index (χ1) is 7.26. The summed E-state index contributed by atoms with van der Waals surface area (Å²) in [4.78, 5) is 13.8. The van der Waals surface area contributed by atoms with Crippen LogP contribution in [0.25, 0.3) is 0 Å². The molecule has 0 aliphatic carbocycles. The van der Waals surface area contributed by atoms with E-state index in [0.717, 1.165) is 6.42 Å². The topological polar surface area (TPSA) is 29.5 Å². The zero-order chi connectivity index (χ0) is 12.4. The second-order valence-corrected chi connectivity index (χ2v) is 6.04. The van der Waals surface area contributed by atoms with Crippen LogP contribution in [0.3, 0.4) is 0 Å². The molecule has 1 aliphatic heterocycles. The minimum Gasteiger partial charge on any atom is -0.366 e. The second-order valence-electron chi connectivity index (χ2n) is 5.66. The predicted octanol–water partition coefficient (Wildman–Crippen LogP) is 2.42. The van der Waals surface area contributed by atoms with Gasteiger partial charge >= 0.3 is 0 Å². The van der Waals surface area contributed by atoms with Gasteiger partial charge in [0.2, 0.25) is 5.91 Å². The Labute approximate surface area is 103 Å². The van der Waals surface area contributed by atoms with Gasteiger partial charge in [-0.2, -0.15) is 0 Å². The van der Waals surface area contributed by atoms with Crippen molar-refractivity contribution in [3.8, 4) is 0 Å². The molecule has 1 rings (SSSR count). The third kappa shape index (κ3) is 3.95. The minimum atomic E-state index is -0.266. The van der Waals surface area contributed by atoms with E-state index in [1.165, 1.54) is 0 Å². The summed E-state index contributed by atoms with van der Waals surface area (Å²) < 4.78 is 5.93. The van der Waals surface area contributed by atoms with Gasteiger partial charge in [0.05, 0.1) is 11.2 Å². The van der Waals surface area contributed by atoms with Crippen molar-refractivity contribution >= 4 is 17.5 Å². The van der Waals surface area contributed by atoms with Crippen LogP contribution in [0.15, 0.2) is 0 Å². The van der Waals surface area contributed by atoms with Crippen molar-refractivity contribution in [3.05, 3.63) is 0 Å². The van der Waals surface area contributed by atoms with Gasteiger partial charge in [-0.25, -0.2) is 0 Å².